The van der Waals surface area contributed by atoms with Crippen LogP contribution in [0.1, 0.15) is 18.0 Å². The molecule has 2 N–H and O–H groups in total. The predicted molar refractivity (Wildman–Crippen MR) is 70.2 cm³/mol. The summed E-state index contributed by atoms with van der Waals surface area (Å²) in [5.41, 5.74) is 7.43. The largest absolute Gasteiger partial charge is 0.322 e. The van der Waals surface area contributed by atoms with Crippen molar-refractivity contribution in [1.82, 2.24) is 4.98 Å². The highest BCUT2D eigenvalue weighted by molar-refractivity contribution is 7.10. The van der Waals surface area contributed by atoms with Crippen molar-refractivity contribution < 1.29 is 0 Å². The van der Waals surface area contributed by atoms with E-state index in [0.29, 0.717) is 10.0 Å². The Bertz CT molecular complexity index is 508. The highest BCUT2D eigenvalue weighted by Gasteiger charge is 2.11. The molecule has 2 nitrogen and oxygen atoms in total. The molecule has 0 aliphatic rings. The maximum absolute atomic E-state index is 6.12. The third kappa shape index (κ3) is 2.23. The third-order valence-corrected chi connectivity index (χ3v) is 4.00. The van der Waals surface area contributed by atoms with Gasteiger partial charge in [-0.05, 0) is 13.0 Å². The predicted octanol–water partition coefficient (Wildman–Crippen LogP) is 4.14. The summed E-state index contributed by atoms with van der Waals surface area (Å²) in [4.78, 5) is 4.43. The summed E-state index contributed by atoms with van der Waals surface area (Å²) in [5, 5.41) is 3.90. The van der Waals surface area contributed by atoms with E-state index in [1.54, 1.807) is 6.07 Å². The van der Waals surface area contributed by atoms with Gasteiger partial charge in [-0.1, -0.05) is 35.3 Å². The standard InChI is InChI=1S/C11H10Cl2N2S/c1-6(14)11-15-9(5-16-11)7-3-2-4-8(12)10(7)13/h2-6H,14H2,1H3. The third-order valence-electron chi connectivity index (χ3n) is 2.14. The number of nitrogens with zero attached hydrogens (tertiary/aromatic N) is 1. The van der Waals surface area contributed by atoms with Crippen LogP contribution in [0.15, 0.2) is 23.6 Å². The van der Waals surface area contributed by atoms with Gasteiger partial charge in [0.05, 0.1) is 21.8 Å². The summed E-state index contributed by atoms with van der Waals surface area (Å²) in [5.74, 6) is 0. The van der Waals surface area contributed by atoms with Gasteiger partial charge in [0.25, 0.3) is 0 Å². The molecule has 2 aromatic rings. The van der Waals surface area contributed by atoms with Crippen molar-refractivity contribution >= 4 is 34.5 Å². The van der Waals surface area contributed by atoms with Crippen molar-refractivity contribution in [3.05, 3.63) is 38.6 Å². The molecular formula is C11H10Cl2N2S. The van der Waals surface area contributed by atoms with E-state index in [1.165, 1.54) is 11.3 Å². The highest BCUT2D eigenvalue weighted by atomic mass is 35.5. The van der Waals surface area contributed by atoms with Crippen LogP contribution >= 0.6 is 34.5 Å². The molecule has 16 heavy (non-hydrogen) atoms. The SMILES string of the molecule is CC(N)c1nc(-c2cccc(Cl)c2Cl)cs1. The molecule has 0 aliphatic heterocycles. The van der Waals surface area contributed by atoms with Crippen LogP contribution in [0, 0.1) is 0 Å². The van der Waals surface area contributed by atoms with E-state index in [2.05, 4.69) is 4.98 Å². The van der Waals surface area contributed by atoms with E-state index in [-0.39, 0.29) is 6.04 Å². The number of halogens is 2. The number of nitrogens with two attached hydrogens (primary N) is 1. The molecule has 1 unspecified atom stereocenters. The molecule has 0 bridgehead atoms. The Morgan fingerprint density at radius 1 is 1.38 bits per heavy atom. The average molecular weight is 273 g/mol. The van der Waals surface area contributed by atoms with Crippen molar-refractivity contribution in [2.75, 3.05) is 0 Å². The monoisotopic (exact) mass is 272 g/mol. The van der Waals surface area contributed by atoms with Crippen molar-refractivity contribution in [3.63, 3.8) is 0 Å². The summed E-state index contributed by atoms with van der Waals surface area (Å²) in [6.07, 6.45) is 0. The summed E-state index contributed by atoms with van der Waals surface area (Å²) < 4.78 is 0. The fourth-order valence-electron chi connectivity index (χ4n) is 1.32. The lowest BCUT2D eigenvalue weighted by Crippen LogP contribution is -2.03. The van der Waals surface area contributed by atoms with Gasteiger partial charge in [-0.15, -0.1) is 11.3 Å². The smallest absolute Gasteiger partial charge is 0.110 e. The van der Waals surface area contributed by atoms with E-state index < -0.39 is 0 Å². The molecular weight excluding hydrogens is 263 g/mol. The summed E-state index contributed by atoms with van der Waals surface area (Å²) >= 11 is 13.6. The van der Waals surface area contributed by atoms with Crippen LogP contribution in [-0.4, -0.2) is 4.98 Å². The van der Waals surface area contributed by atoms with Gasteiger partial charge in [0.15, 0.2) is 0 Å². The van der Waals surface area contributed by atoms with Crippen molar-refractivity contribution in [3.8, 4) is 11.3 Å². The van der Waals surface area contributed by atoms with Crippen molar-refractivity contribution in [1.29, 1.82) is 0 Å². The minimum atomic E-state index is -0.0586. The molecule has 1 atom stereocenters. The second-order valence-corrected chi connectivity index (χ2v) is 5.14. The number of rotatable bonds is 2. The van der Waals surface area contributed by atoms with Crippen LogP contribution in [0.5, 0.6) is 0 Å². The summed E-state index contributed by atoms with van der Waals surface area (Å²) in [6.45, 7) is 1.90. The Morgan fingerprint density at radius 3 is 2.75 bits per heavy atom. The van der Waals surface area contributed by atoms with Crippen LogP contribution in [0.4, 0.5) is 0 Å². The first-order valence-electron chi connectivity index (χ1n) is 4.75. The van der Waals surface area contributed by atoms with Gasteiger partial charge in [0.1, 0.15) is 5.01 Å². The number of aromatic nitrogens is 1. The van der Waals surface area contributed by atoms with Crippen LogP contribution in [-0.2, 0) is 0 Å². The zero-order valence-corrected chi connectivity index (χ0v) is 10.9. The van der Waals surface area contributed by atoms with Crippen LogP contribution in [0.3, 0.4) is 0 Å². The number of hydrogen-bond acceptors (Lipinski definition) is 3. The molecule has 2 rings (SSSR count). The lowest BCUT2D eigenvalue weighted by molar-refractivity contribution is 0.808. The normalized spacial score (nSPS) is 12.8. The molecule has 1 aromatic heterocycles. The quantitative estimate of drug-likeness (QED) is 0.893. The molecule has 0 aliphatic carbocycles. The first-order chi connectivity index (χ1) is 7.59. The van der Waals surface area contributed by atoms with E-state index in [4.69, 9.17) is 28.9 Å². The number of benzene rings is 1. The fraction of sp³-hybridized carbons (Fsp3) is 0.182. The van der Waals surface area contributed by atoms with E-state index >= 15 is 0 Å². The zero-order chi connectivity index (χ0) is 11.7. The maximum atomic E-state index is 6.12. The topological polar surface area (TPSA) is 38.9 Å². The minimum Gasteiger partial charge on any atom is -0.322 e. The molecule has 0 radical (unpaired) electrons. The van der Waals surface area contributed by atoms with E-state index in [0.717, 1.165) is 16.3 Å². The van der Waals surface area contributed by atoms with Crippen LogP contribution in [0.2, 0.25) is 10.0 Å². The molecule has 0 spiro atoms. The Morgan fingerprint density at radius 2 is 2.12 bits per heavy atom. The first kappa shape index (κ1) is 11.9. The molecule has 84 valence electrons. The second kappa shape index (κ2) is 4.72. The minimum absolute atomic E-state index is 0.0586. The number of hydrogen-bond donors (Lipinski definition) is 1. The van der Waals surface area contributed by atoms with Gasteiger partial charge in [0.2, 0.25) is 0 Å². The van der Waals surface area contributed by atoms with Gasteiger partial charge < -0.3 is 5.73 Å². The van der Waals surface area contributed by atoms with E-state index in [9.17, 15) is 0 Å². The first-order valence-corrected chi connectivity index (χ1v) is 6.38. The summed E-state index contributed by atoms with van der Waals surface area (Å²) in [6, 6.07) is 5.45. The Hall–Kier alpha value is -0.610. The van der Waals surface area contributed by atoms with Gasteiger partial charge in [-0.25, -0.2) is 4.98 Å². The Balaban J connectivity index is 2.47. The molecule has 5 heteroatoms. The van der Waals surface area contributed by atoms with Crippen molar-refractivity contribution in [2.24, 2.45) is 5.73 Å². The van der Waals surface area contributed by atoms with Gasteiger partial charge in [-0.2, -0.15) is 0 Å². The molecule has 1 aromatic carbocycles. The fourth-order valence-corrected chi connectivity index (χ4v) is 2.50. The molecule has 0 saturated heterocycles. The van der Waals surface area contributed by atoms with Crippen LogP contribution < -0.4 is 5.73 Å². The lowest BCUT2D eigenvalue weighted by Gasteiger charge is -2.02. The van der Waals surface area contributed by atoms with E-state index in [1.807, 2.05) is 24.4 Å². The average Bonchev–Trinajstić information content (AvgIpc) is 2.71. The van der Waals surface area contributed by atoms with Crippen molar-refractivity contribution in [2.45, 2.75) is 13.0 Å². The summed E-state index contributed by atoms with van der Waals surface area (Å²) in [7, 11) is 0. The zero-order valence-electron chi connectivity index (χ0n) is 8.58. The van der Waals surface area contributed by atoms with Gasteiger partial charge >= 0.3 is 0 Å². The lowest BCUT2D eigenvalue weighted by atomic mass is 10.2. The van der Waals surface area contributed by atoms with Gasteiger partial charge in [-0.3, -0.25) is 0 Å². The molecule has 0 amide bonds. The Kier molecular flexibility index (Phi) is 3.50. The maximum Gasteiger partial charge on any atom is 0.110 e. The highest BCUT2D eigenvalue weighted by Crippen LogP contribution is 2.34. The molecule has 1 heterocycles. The number of thiazole rings is 1. The van der Waals surface area contributed by atoms with Gasteiger partial charge in [0, 0.05) is 10.9 Å². The Labute approximate surface area is 108 Å². The molecule has 0 saturated carbocycles. The van der Waals surface area contributed by atoms with Crippen LogP contribution in [0.25, 0.3) is 11.3 Å². The second-order valence-electron chi connectivity index (χ2n) is 3.46. The molecule has 0 fully saturated rings.